The molecule has 2 aromatic heterocycles. The van der Waals surface area contributed by atoms with E-state index in [0.29, 0.717) is 11.9 Å². The van der Waals surface area contributed by atoms with E-state index < -0.39 is 0 Å². The number of hydrogen-bond donors (Lipinski definition) is 1. The summed E-state index contributed by atoms with van der Waals surface area (Å²) in [5, 5.41) is 4.29. The third-order valence-corrected chi connectivity index (χ3v) is 3.91. The van der Waals surface area contributed by atoms with E-state index in [0.717, 1.165) is 35.4 Å². The Morgan fingerprint density at radius 3 is 2.47 bits per heavy atom. The number of nitrogen functional groups attached to an aromatic ring is 1. The molecule has 1 fully saturated rings. The first kappa shape index (κ1) is 12.6. The van der Waals surface area contributed by atoms with Crippen molar-refractivity contribution in [2.45, 2.75) is 18.9 Å². The summed E-state index contributed by atoms with van der Waals surface area (Å²) >= 11 is 2.21. The maximum atomic E-state index is 5.65. The Morgan fingerprint density at radius 2 is 1.89 bits per heavy atom. The maximum Gasteiger partial charge on any atom is 0.225 e. The number of piperidine rings is 1. The summed E-state index contributed by atoms with van der Waals surface area (Å²) < 4.78 is 3.03. The molecule has 2 N–H and O–H groups in total. The van der Waals surface area contributed by atoms with E-state index in [1.807, 2.05) is 29.3 Å². The van der Waals surface area contributed by atoms with Gasteiger partial charge in [-0.15, -0.1) is 0 Å². The van der Waals surface area contributed by atoms with Crippen molar-refractivity contribution in [3.05, 3.63) is 28.2 Å². The first-order chi connectivity index (χ1) is 9.22. The number of halogens is 1. The average Bonchev–Trinajstić information content (AvgIpc) is 2.87. The van der Waals surface area contributed by atoms with Gasteiger partial charge in [-0.25, -0.2) is 9.97 Å². The Balaban J connectivity index is 1.64. The van der Waals surface area contributed by atoms with E-state index in [-0.39, 0.29) is 0 Å². The molecule has 3 heterocycles. The maximum absolute atomic E-state index is 5.65. The molecule has 0 radical (unpaired) electrons. The van der Waals surface area contributed by atoms with Gasteiger partial charge in [0, 0.05) is 35.3 Å². The Hall–Kier alpha value is -1.38. The molecule has 0 aromatic carbocycles. The molecule has 100 valence electrons. The fraction of sp³-hybridized carbons (Fsp3) is 0.417. The highest BCUT2D eigenvalue weighted by molar-refractivity contribution is 14.1. The molecule has 1 aliphatic rings. The lowest BCUT2D eigenvalue weighted by atomic mass is 10.1. The zero-order valence-corrected chi connectivity index (χ0v) is 12.6. The van der Waals surface area contributed by atoms with Gasteiger partial charge in [0.2, 0.25) is 5.95 Å². The molecule has 0 bridgehead atoms. The predicted octanol–water partition coefficient (Wildman–Crippen LogP) is 1.70. The van der Waals surface area contributed by atoms with Crippen LogP contribution in [0.2, 0.25) is 0 Å². The monoisotopic (exact) mass is 370 g/mol. The molecule has 0 atom stereocenters. The van der Waals surface area contributed by atoms with Crippen molar-refractivity contribution in [2.24, 2.45) is 0 Å². The van der Waals surface area contributed by atoms with Crippen LogP contribution in [0, 0.1) is 3.57 Å². The summed E-state index contributed by atoms with van der Waals surface area (Å²) in [6.45, 7) is 1.90. The van der Waals surface area contributed by atoms with E-state index >= 15 is 0 Å². The van der Waals surface area contributed by atoms with Crippen molar-refractivity contribution in [3.8, 4) is 0 Å². The topological polar surface area (TPSA) is 72.9 Å². The third kappa shape index (κ3) is 2.80. The van der Waals surface area contributed by atoms with Crippen LogP contribution in [-0.4, -0.2) is 32.8 Å². The van der Waals surface area contributed by atoms with Crippen molar-refractivity contribution in [1.29, 1.82) is 0 Å². The van der Waals surface area contributed by atoms with Crippen LogP contribution in [0.1, 0.15) is 18.9 Å². The molecule has 0 saturated carbocycles. The quantitative estimate of drug-likeness (QED) is 0.815. The van der Waals surface area contributed by atoms with Gasteiger partial charge in [-0.1, -0.05) is 0 Å². The standard InChI is InChI=1S/C12H15IN6/c13-9-7-15-12(16-8-9)18-4-1-10(2-5-18)19-6-3-11(14)17-19/h3,6-8,10H,1-2,4-5H2,(H2,14,17). The fourth-order valence-electron chi connectivity index (χ4n) is 2.36. The van der Waals surface area contributed by atoms with Gasteiger partial charge in [-0.2, -0.15) is 5.10 Å². The molecule has 0 unspecified atom stereocenters. The number of aromatic nitrogens is 4. The molecule has 1 aliphatic heterocycles. The lowest BCUT2D eigenvalue weighted by molar-refractivity contribution is 0.365. The van der Waals surface area contributed by atoms with Crippen LogP contribution in [0.15, 0.2) is 24.7 Å². The van der Waals surface area contributed by atoms with Gasteiger partial charge in [0.1, 0.15) is 5.82 Å². The lowest BCUT2D eigenvalue weighted by Crippen LogP contribution is -2.35. The molecule has 3 rings (SSSR count). The molecule has 0 spiro atoms. The molecule has 7 heteroatoms. The molecule has 1 saturated heterocycles. The Morgan fingerprint density at radius 1 is 1.21 bits per heavy atom. The summed E-state index contributed by atoms with van der Waals surface area (Å²) in [6, 6.07) is 2.27. The second-order valence-corrected chi connectivity index (χ2v) is 5.89. The normalized spacial score (nSPS) is 16.8. The SMILES string of the molecule is Nc1ccn(C2CCN(c3ncc(I)cn3)CC2)n1. The first-order valence-electron chi connectivity index (χ1n) is 6.25. The second-order valence-electron chi connectivity index (χ2n) is 4.64. The van der Waals surface area contributed by atoms with Crippen LogP contribution in [0.5, 0.6) is 0 Å². The summed E-state index contributed by atoms with van der Waals surface area (Å²) in [5.74, 6) is 1.40. The number of hydrogen-bond acceptors (Lipinski definition) is 5. The van der Waals surface area contributed by atoms with Crippen LogP contribution >= 0.6 is 22.6 Å². The highest BCUT2D eigenvalue weighted by Crippen LogP contribution is 2.24. The summed E-state index contributed by atoms with van der Waals surface area (Å²) in [4.78, 5) is 11.0. The first-order valence-corrected chi connectivity index (χ1v) is 7.33. The van der Waals surface area contributed by atoms with Crippen molar-refractivity contribution in [1.82, 2.24) is 19.7 Å². The van der Waals surface area contributed by atoms with Gasteiger partial charge in [0.05, 0.1) is 6.04 Å². The largest absolute Gasteiger partial charge is 0.382 e. The van der Waals surface area contributed by atoms with Crippen molar-refractivity contribution in [2.75, 3.05) is 23.7 Å². The van der Waals surface area contributed by atoms with Gasteiger partial charge in [0.25, 0.3) is 0 Å². The number of anilines is 2. The molecule has 6 nitrogen and oxygen atoms in total. The van der Waals surface area contributed by atoms with Crippen LogP contribution in [-0.2, 0) is 0 Å². The molecular formula is C12H15IN6. The van der Waals surface area contributed by atoms with E-state index in [9.17, 15) is 0 Å². The number of nitrogens with two attached hydrogens (primary N) is 1. The number of nitrogens with zero attached hydrogens (tertiary/aromatic N) is 5. The molecule has 0 amide bonds. The highest BCUT2D eigenvalue weighted by Gasteiger charge is 2.22. The van der Waals surface area contributed by atoms with Crippen LogP contribution < -0.4 is 10.6 Å². The predicted molar refractivity (Wildman–Crippen MR) is 81.9 cm³/mol. The minimum atomic E-state index is 0.428. The summed E-state index contributed by atoms with van der Waals surface area (Å²) in [7, 11) is 0. The molecule has 0 aliphatic carbocycles. The van der Waals surface area contributed by atoms with E-state index in [1.54, 1.807) is 0 Å². The Kier molecular flexibility index (Phi) is 3.54. The zero-order valence-electron chi connectivity index (χ0n) is 10.4. The summed E-state index contributed by atoms with van der Waals surface area (Å²) in [6.07, 6.45) is 7.73. The lowest BCUT2D eigenvalue weighted by Gasteiger charge is -2.31. The van der Waals surface area contributed by atoms with Gasteiger partial charge in [-0.05, 0) is 41.5 Å². The zero-order chi connectivity index (χ0) is 13.2. The Bertz CT molecular complexity index is 544. The van der Waals surface area contributed by atoms with Gasteiger partial charge in [0.15, 0.2) is 0 Å². The van der Waals surface area contributed by atoms with Gasteiger partial charge >= 0.3 is 0 Å². The molecular weight excluding hydrogens is 355 g/mol. The van der Waals surface area contributed by atoms with Crippen LogP contribution in [0.25, 0.3) is 0 Å². The van der Waals surface area contributed by atoms with E-state index in [2.05, 4.69) is 42.6 Å². The Labute approximate surface area is 125 Å². The van der Waals surface area contributed by atoms with E-state index in [1.165, 1.54) is 0 Å². The minimum Gasteiger partial charge on any atom is -0.382 e. The van der Waals surface area contributed by atoms with Gasteiger partial charge in [-0.3, -0.25) is 4.68 Å². The second kappa shape index (κ2) is 5.32. The third-order valence-electron chi connectivity index (χ3n) is 3.36. The van der Waals surface area contributed by atoms with Crippen LogP contribution in [0.4, 0.5) is 11.8 Å². The molecule has 2 aromatic rings. The minimum absolute atomic E-state index is 0.428. The summed E-state index contributed by atoms with van der Waals surface area (Å²) in [5.41, 5.74) is 5.65. The smallest absolute Gasteiger partial charge is 0.225 e. The highest BCUT2D eigenvalue weighted by atomic mass is 127. The van der Waals surface area contributed by atoms with Crippen molar-refractivity contribution >= 4 is 34.4 Å². The number of rotatable bonds is 2. The van der Waals surface area contributed by atoms with Crippen molar-refractivity contribution < 1.29 is 0 Å². The van der Waals surface area contributed by atoms with Crippen LogP contribution in [0.3, 0.4) is 0 Å². The average molecular weight is 370 g/mol. The van der Waals surface area contributed by atoms with E-state index in [4.69, 9.17) is 5.73 Å². The van der Waals surface area contributed by atoms with Crippen molar-refractivity contribution in [3.63, 3.8) is 0 Å². The van der Waals surface area contributed by atoms with Gasteiger partial charge < -0.3 is 10.6 Å². The molecule has 19 heavy (non-hydrogen) atoms. The fourth-order valence-corrected chi connectivity index (χ4v) is 2.63.